The maximum atomic E-state index is 11.1. The van der Waals surface area contributed by atoms with Crippen molar-refractivity contribution >= 4 is 5.78 Å². The van der Waals surface area contributed by atoms with Gasteiger partial charge in [-0.05, 0) is 6.42 Å². The normalized spacial score (nSPS) is 10.1. The van der Waals surface area contributed by atoms with E-state index in [-0.39, 0.29) is 12.4 Å². The average Bonchev–Trinajstić information content (AvgIpc) is 2.56. The van der Waals surface area contributed by atoms with Crippen LogP contribution in [0.15, 0.2) is 6.20 Å². The zero-order valence-electron chi connectivity index (χ0n) is 6.91. The summed E-state index contributed by atoms with van der Waals surface area (Å²) in [6, 6.07) is 0. The molecule has 0 radical (unpaired) electrons. The van der Waals surface area contributed by atoms with Gasteiger partial charge in [0.05, 0.1) is 6.20 Å². The van der Waals surface area contributed by atoms with Gasteiger partial charge in [0.25, 0.3) is 0 Å². The summed E-state index contributed by atoms with van der Waals surface area (Å²) < 4.78 is 5.04. The van der Waals surface area contributed by atoms with Crippen LogP contribution < -0.4 is 0 Å². The number of ketones is 1. The second-order valence-electron chi connectivity index (χ2n) is 2.33. The predicted octanol–water partition coefficient (Wildman–Crippen LogP) is 0.414. The van der Waals surface area contributed by atoms with E-state index in [2.05, 4.69) is 15.4 Å². The Morgan fingerprint density at radius 3 is 3.17 bits per heavy atom. The molecule has 0 fully saturated rings. The molecule has 0 aliphatic heterocycles. The molecule has 1 heterocycles. The van der Waals surface area contributed by atoms with E-state index in [1.807, 2.05) is 6.92 Å². The van der Waals surface area contributed by atoms with Crippen molar-refractivity contribution in [2.45, 2.75) is 13.3 Å². The summed E-state index contributed by atoms with van der Waals surface area (Å²) in [5.41, 5.74) is 0.325. The summed E-state index contributed by atoms with van der Waals surface area (Å²) in [6.45, 7) is 2.67. The topological polar surface area (TPSA) is 67.9 Å². The lowest BCUT2D eigenvalue weighted by molar-refractivity contribution is 0.0756. The van der Waals surface area contributed by atoms with Crippen molar-refractivity contribution in [2.24, 2.45) is 0 Å². The van der Waals surface area contributed by atoms with Crippen LogP contribution >= 0.6 is 0 Å². The standard InChI is InChI=1S/C7H11N3O2/c1-2-3-12-5-7(11)6-4-8-10-9-6/h4H,2-3,5H2,1H3,(H,8,9,10). The van der Waals surface area contributed by atoms with Gasteiger partial charge in [-0.1, -0.05) is 6.92 Å². The van der Waals surface area contributed by atoms with E-state index in [0.717, 1.165) is 6.42 Å². The molecule has 0 atom stereocenters. The van der Waals surface area contributed by atoms with Gasteiger partial charge >= 0.3 is 0 Å². The Kier molecular flexibility index (Phi) is 3.40. The molecule has 1 N–H and O–H groups in total. The zero-order valence-corrected chi connectivity index (χ0v) is 6.91. The van der Waals surface area contributed by atoms with E-state index in [4.69, 9.17) is 4.74 Å². The summed E-state index contributed by atoms with van der Waals surface area (Å²) in [7, 11) is 0. The summed E-state index contributed by atoms with van der Waals surface area (Å²) >= 11 is 0. The third kappa shape index (κ3) is 2.43. The van der Waals surface area contributed by atoms with Crippen molar-refractivity contribution in [1.82, 2.24) is 15.4 Å². The lowest BCUT2D eigenvalue weighted by Crippen LogP contribution is -2.09. The minimum Gasteiger partial charge on any atom is -0.373 e. The van der Waals surface area contributed by atoms with Crippen molar-refractivity contribution in [2.75, 3.05) is 13.2 Å². The molecule has 1 aromatic heterocycles. The van der Waals surface area contributed by atoms with E-state index >= 15 is 0 Å². The van der Waals surface area contributed by atoms with Gasteiger partial charge in [0, 0.05) is 6.61 Å². The molecule has 0 saturated carbocycles. The number of hydrogen-bond donors (Lipinski definition) is 1. The average molecular weight is 169 g/mol. The molecule has 0 aliphatic carbocycles. The molecule has 5 heteroatoms. The first-order valence-electron chi connectivity index (χ1n) is 3.81. The van der Waals surface area contributed by atoms with Crippen molar-refractivity contribution in [1.29, 1.82) is 0 Å². The first-order chi connectivity index (χ1) is 5.84. The summed E-state index contributed by atoms with van der Waals surface area (Å²) in [5.74, 6) is -0.141. The SMILES string of the molecule is CCCOCC(=O)c1cn[nH]n1. The number of carbonyl (C=O) groups is 1. The third-order valence-electron chi connectivity index (χ3n) is 1.28. The number of nitrogens with zero attached hydrogens (tertiary/aromatic N) is 2. The summed E-state index contributed by atoms with van der Waals surface area (Å²) in [6.07, 6.45) is 2.30. The molecule has 0 aliphatic rings. The van der Waals surface area contributed by atoms with Gasteiger partial charge in [-0.3, -0.25) is 4.79 Å². The highest BCUT2D eigenvalue weighted by Crippen LogP contribution is 1.92. The fourth-order valence-electron chi connectivity index (χ4n) is 0.719. The molecule has 5 nitrogen and oxygen atoms in total. The van der Waals surface area contributed by atoms with Gasteiger partial charge in [-0.15, -0.1) is 0 Å². The van der Waals surface area contributed by atoms with Gasteiger partial charge in [0.1, 0.15) is 6.61 Å². The first kappa shape index (κ1) is 8.86. The van der Waals surface area contributed by atoms with Crippen LogP contribution in [-0.4, -0.2) is 34.4 Å². The predicted molar refractivity (Wildman–Crippen MR) is 41.8 cm³/mol. The molecule has 1 aromatic rings. The Morgan fingerprint density at radius 2 is 2.58 bits per heavy atom. The van der Waals surface area contributed by atoms with Crippen LogP contribution in [-0.2, 0) is 4.74 Å². The van der Waals surface area contributed by atoms with E-state index in [1.54, 1.807) is 0 Å². The van der Waals surface area contributed by atoms with Gasteiger partial charge in [0.15, 0.2) is 5.69 Å². The van der Waals surface area contributed by atoms with E-state index < -0.39 is 0 Å². The maximum Gasteiger partial charge on any atom is 0.210 e. The van der Waals surface area contributed by atoms with Gasteiger partial charge in [-0.25, -0.2) is 0 Å². The molecular formula is C7H11N3O2. The molecule has 0 unspecified atom stereocenters. The van der Waals surface area contributed by atoms with E-state index in [9.17, 15) is 4.79 Å². The molecule has 0 aromatic carbocycles. The second-order valence-corrected chi connectivity index (χ2v) is 2.33. The maximum absolute atomic E-state index is 11.1. The Balaban J connectivity index is 2.30. The lowest BCUT2D eigenvalue weighted by Gasteiger charge is -1.97. The molecular weight excluding hydrogens is 158 g/mol. The Morgan fingerprint density at radius 1 is 1.75 bits per heavy atom. The number of Topliss-reactive ketones (excluding diaryl/α,β-unsaturated/α-hetero) is 1. The Labute approximate surface area is 70.1 Å². The van der Waals surface area contributed by atoms with Crippen LogP contribution in [0.2, 0.25) is 0 Å². The molecule has 66 valence electrons. The molecule has 0 spiro atoms. The van der Waals surface area contributed by atoms with Gasteiger partial charge < -0.3 is 4.74 Å². The minimum atomic E-state index is -0.141. The number of ether oxygens (including phenoxy) is 1. The van der Waals surface area contributed by atoms with Crippen molar-refractivity contribution in [3.63, 3.8) is 0 Å². The summed E-state index contributed by atoms with van der Waals surface area (Å²) in [4.78, 5) is 11.1. The van der Waals surface area contributed by atoms with Crippen molar-refractivity contribution < 1.29 is 9.53 Å². The highest BCUT2D eigenvalue weighted by Gasteiger charge is 2.07. The smallest absolute Gasteiger partial charge is 0.210 e. The number of nitrogens with one attached hydrogen (secondary N) is 1. The number of rotatable bonds is 5. The molecule has 0 bridgehead atoms. The van der Waals surface area contributed by atoms with Gasteiger partial charge in [-0.2, -0.15) is 15.4 Å². The Hall–Kier alpha value is -1.23. The summed E-state index contributed by atoms with van der Waals surface area (Å²) in [5, 5.41) is 9.51. The highest BCUT2D eigenvalue weighted by molar-refractivity contribution is 5.94. The van der Waals surface area contributed by atoms with Crippen molar-refractivity contribution in [3.05, 3.63) is 11.9 Å². The fourth-order valence-corrected chi connectivity index (χ4v) is 0.719. The molecule has 0 saturated heterocycles. The third-order valence-corrected chi connectivity index (χ3v) is 1.28. The second kappa shape index (κ2) is 4.61. The van der Waals surface area contributed by atoms with Crippen molar-refractivity contribution in [3.8, 4) is 0 Å². The highest BCUT2D eigenvalue weighted by atomic mass is 16.5. The zero-order chi connectivity index (χ0) is 8.81. The van der Waals surface area contributed by atoms with Crippen LogP contribution in [0.1, 0.15) is 23.8 Å². The number of aromatic amines is 1. The minimum absolute atomic E-state index is 0.0837. The van der Waals surface area contributed by atoms with Crippen LogP contribution in [0.3, 0.4) is 0 Å². The van der Waals surface area contributed by atoms with E-state index in [0.29, 0.717) is 12.3 Å². The number of H-pyrrole nitrogens is 1. The van der Waals surface area contributed by atoms with E-state index in [1.165, 1.54) is 6.20 Å². The molecule has 0 amide bonds. The fraction of sp³-hybridized carbons (Fsp3) is 0.571. The monoisotopic (exact) mass is 169 g/mol. The number of aromatic nitrogens is 3. The van der Waals surface area contributed by atoms with Crippen LogP contribution in [0.4, 0.5) is 0 Å². The van der Waals surface area contributed by atoms with Crippen LogP contribution in [0, 0.1) is 0 Å². The number of hydrogen-bond acceptors (Lipinski definition) is 4. The van der Waals surface area contributed by atoms with Crippen LogP contribution in [0.25, 0.3) is 0 Å². The molecule has 12 heavy (non-hydrogen) atoms. The quantitative estimate of drug-likeness (QED) is 0.512. The molecule has 1 rings (SSSR count). The lowest BCUT2D eigenvalue weighted by atomic mass is 10.3. The largest absolute Gasteiger partial charge is 0.373 e. The first-order valence-corrected chi connectivity index (χ1v) is 3.81. The van der Waals surface area contributed by atoms with Crippen LogP contribution in [0.5, 0.6) is 0 Å². The number of carbonyl (C=O) groups excluding carboxylic acids is 1. The van der Waals surface area contributed by atoms with Gasteiger partial charge in [0.2, 0.25) is 5.78 Å². The Bertz CT molecular complexity index is 233.